The molecule has 1 aliphatic rings. The molecule has 20 heavy (non-hydrogen) atoms. The lowest BCUT2D eigenvalue weighted by Gasteiger charge is -2.19. The number of alkyl halides is 1. The van der Waals surface area contributed by atoms with E-state index in [-0.39, 0.29) is 5.91 Å². The highest BCUT2D eigenvalue weighted by molar-refractivity contribution is 9.09. The Kier molecular flexibility index (Phi) is 4.75. The second kappa shape index (κ2) is 6.35. The number of likely N-dealkylation sites (tertiary alicyclic amines) is 1. The fraction of sp³-hybridized carbons (Fsp3) is 0.500. The van der Waals surface area contributed by atoms with Gasteiger partial charge in [-0.3, -0.25) is 4.79 Å². The van der Waals surface area contributed by atoms with Crippen LogP contribution in [0.25, 0.3) is 0 Å². The summed E-state index contributed by atoms with van der Waals surface area (Å²) in [6, 6.07) is 3.43. The Morgan fingerprint density at radius 1 is 1.20 bits per heavy atom. The summed E-state index contributed by atoms with van der Waals surface area (Å²) in [6.45, 7) is 1.45. The van der Waals surface area contributed by atoms with Gasteiger partial charge in [0, 0.05) is 17.9 Å². The van der Waals surface area contributed by atoms with Crippen molar-refractivity contribution in [1.82, 2.24) is 4.90 Å². The Hall–Kier alpha value is -1.43. The molecule has 0 radical (unpaired) electrons. The number of amides is 1. The zero-order chi connectivity index (χ0) is 14.7. The molecule has 1 unspecified atom stereocenters. The first kappa shape index (κ1) is 15.0. The number of hydrogen-bond donors (Lipinski definition) is 0. The van der Waals surface area contributed by atoms with Gasteiger partial charge in [-0.2, -0.15) is 0 Å². The van der Waals surface area contributed by atoms with Gasteiger partial charge in [0.15, 0.2) is 11.5 Å². The molecule has 1 aromatic rings. The monoisotopic (exact) mass is 343 g/mol. The maximum Gasteiger partial charge on any atom is 0.257 e. The Morgan fingerprint density at radius 3 is 2.40 bits per heavy atom. The van der Waals surface area contributed by atoms with E-state index >= 15 is 0 Å². The topological polar surface area (TPSA) is 48.0 Å². The summed E-state index contributed by atoms with van der Waals surface area (Å²) in [5.74, 6) is 1.34. The van der Waals surface area contributed by atoms with E-state index < -0.39 is 0 Å². The van der Waals surface area contributed by atoms with Crippen LogP contribution in [0.2, 0.25) is 0 Å². The molecule has 5 nitrogen and oxygen atoms in total. The Bertz CT molecular complexity index is 506. The highest BCUT2D eigenvalue weighted by Crippen LogP contribution is 2.40. The number of hydrogen-bond acceptors (Lipinski definition) is 4. The second-order valence-corrected chi connectivity index (χ2v) is 5.81. The number of rotatable bonds is 4. The fourth-order valence-electron chi connectivity index (χ4n) is 2.34. The molecule has 1 amide bonds. The van der Waals surface area contributed by atoms with E-state index in [1.54, 1.807) is 19.2 Å². The predicted octanol–water partition coefficient (Wildman–Crippen LogP) is 2.32. The summed E-state index contributed by atoms with van der Waals surface area (Å²) in [5, 5.41) is 0. The lowest BCUT2D eigenvalue weighted by Crippen LogP contribution is -2.29. The van der Waals surface area contributed by atoms with Gasteiger partial charge in [0.05, 0.1) is 26.9 Å². The van der Waals surface area contributed by atoms with Gasteiger partial charge >= 0.3 is 0 Å². The van der Waals surface area contributed by atoms with Crippen LogP contribution in [0.1, 0.15) is 16.8 Å². The highest BCUT2D eigenvalue weighted by Gasteiger charge is 2.29. The largest absolute Gasteiger partial charge is 0.493 e. The van der Waals surface area contributed by atoms with E-state index in [2.05, 4.69) is 15.9 Å². The molecular formula is C14H18BrNO4. The van der Waals surface area contributed by atoms with Crippen LogP contribution < -0.4 is 14.2 Å². The molecule has 0 bridgehead atoms. The first-order valence-electron chi connectivity index (χ1n) is 6.34. The maximum atomic E-state index is 12.6. The third kappa shape index (κ3) is 2.70. The van der Waals surface area contributed by atoms with Crippen LogP contribution in [0.15, 0.2) is 12.1 Å². The van der Waals surface area contributed by atoms with Crippen molar-refractivity contribution in [2.45, 2.75) is 11.2 Å². The molecule has 6 heteroatoms. The molecule has 1 atom stereocenters. The van der Waals surface area contributed by atoms with Crippen LogP contribution >= 0.6 is 15.9 Å². The minimum atomic E-state index is -0.0512. The van der Waals surface area contributed by atoms with Crippen LogP contribution in [-0.4, -0.2) is 50.1 Å². The van der Waals surface area contributed by atoms with Crippen molar-refractivity contribution < 1.29 is 19.0 Å². The summed E-state index contributed by atoms with van der Waals surface area (Å²) in [4.78, 5) is 14.7. The first-order chi connectivity index (χ1) is 9.62. The normalized spacial score (nSPS) is 18.0. The minimum Gasteiger partial charge on any atom is -0.493 e. The molecule has 1 aliphatic heterocycles. The molecule has 0 aliphatic carbocycles. The molecule has 110 valence electrons. The summed E-state index contributed by atoms with van der Waals surface area (Å²) >= 11 is 3.54. The molecule has 0 aromatic heterocycles. The average Bonchev–Trinajstić information content (AvgIpc) is 2.91. The summed E-state index contributed by atoms with van der Waals surface area (Å²) in [6.07, 6.45) is 0.960. The van der Waals surface area contributed by atoms with Gasteiger partial charge in [0.1, 0.15) is 0 Å². The smallest absolute Gasteiger partial charge is 0.257 e. The van der Waals surface area contributed by atoms with Gasteiger partial charge in [-0.15, -0.1) is 0 Å². The van der Waals surface area contributed by atoms with Crippen molar-refractivity contribution in [1.29, 1.82) is 0 Å². The van der Waals surface area contributed by atoms with Crippen molar-refractivity contribution in [3.8, 4) is 17.2 Å². The zero-order valence-corrected chi connectivity index (χ0v) is 13.4. The summed E-state index contributed by atoms with van der Waals surface area (Å²) in [5.41, 5.74) is 0.492. The molecule has 1 saturated heterocycles. The summed E-state index contributed by atoms with van der Waals surface area (Å²) < 4.78 is 15.9. The number of carbonyl (C=O) groups is 1. The fourth-order valence-corrected chi connectivity index (χ4v) is 2.90. The van der Waals surface area contributed by atoms with Crippen molar-refractivity contribution in [2.24, 2.45) is 0 Å². The van der Waals surface area contributed by atoms with Crippen LogP contribution in [0.3, 0.4) is 0 Å². The number of methoxy groups -OCH3 is 3. The van der Waals surface area contributed by atoms with Crippen LogP contribution in [0.4, 0.5) is 0 Å². The lowest BCUT2D eigenvalue weighted by atomic mass is 10.1. The predicted molar refractivity (Wildman–Crippen MR) is 79.3 cm³/mol. The van der Waals surface area contributed by atoms with Crippen LogP contribution in [-0.2, 0) is 0 Å². The standard InChI is InChI=1S/C14H18BrNO4/c1-18-11-5-4-10(12(19-2)13(11)20-3)14(17)16-7-6-9(15)8-16/h4-5,9H,6-8H2,1-3H3. The number of halogens is 1. The number of ether oxygens (including phenoxy) is 3. The van der Waals surface area contributed by atoms with E-state index in [1.165, 1.54) is 14.2 Å². The Morgan fingerprint density at radius 2 is 1.90 bits per heavy atom. The zero-order valence-electron chi connectivity index (χ0n) is 11.8. The molecular weight excluding hydrogens is 326 g/mol. The van der Waals surface area contributed by atoms with E-state index in [9.17, 15) is 4.79 Å². The SMILES string of the molecule is COc1ccc(C(=O)N2CCC(Br)C2)c(OC)c1OC. The van der Waals surface area contributed by atoms with E-state index in [0.29, 0.717) is 34.2 Å². The molecule has 1 aromatic carbocycles. The quantitative estimate of drug-likeness (QED) is 0.787. The van der Waals surface area contributed by atoms with Crippen molar-refractivity contribution in [3.05, 3.63) is 17.7 Å². The molecule has 1 fully saturated rings. The number of benzene rings is 1. The Labute approximate surface area is 126 Å². The van der Waals surface area contributed by atoms with Gasteiger partial charge in [0.2, 0.25) is 5.75 Å². The minimum absolute atomic E-state index is 0.0512. The third-order valence-corrected chi connectivity index (χ3v) is 4.10. The maximum absolute atomic E-state index is 12.6. The van der Waals surface area contributed by atoms with Crippen LogP contribution in [0.5, 0.6) is 17.2 Å². The molecule has 0 spiro atoms. The average molecular weight is 344 g/mol. The van der Waals surface area contributed by atoms with Gasteiger partial charge in [0.25, 0.3) is 5.91 Å². The van der Waals surface area contributed by atoms with E-state index in [0.717, 1.165) is 13.0 Å². The summed E-state index contributed by atoms with van der Waals surface area (Å²) in [7, 11) is 4.60. The van der Waals surface area contributed by atoms with Gasteiger partial charge < -0.3 is 19.1 Å². The first-order valence-corrected chi connectivity index (χ1v) is 7.26. The van der Waals surface area contributed by atoms with Crippen molar-refractivity contribution in [3.63, 3.8) is 0 Å². The van der Waals surface area contributed by atoms with Crippen LogP contribution in [0, 0.1) is 0 Å². The molecule has 1 heterocycles. The molecule has 2 rings (SSSR count). The molecule has 0 N–H and O–H groups in total. The number of nitrogens with zero attached hydrogens (tertiary/aromatic N) is 1. The molecule has 0 saturated carbocycles. The highest BCUT2D eigenvalue weighted by atomic mass is 79.9. The van der Waals surface area contributed by atoms with Crippen molar-refractivity contribution >= 4 is 21.8 Å². The van der Waals surface area contributed by atoms with Gasteiger partial charge in [-0.05, 0) is 18.6 Å². The van der Waals surface area contributed by atoms with Crippen molar-refractivity contribution in [2.75, 3.05) is 34.4 Å². The van der Waals surface area contributed by atoms with Gasteiger partial charge in [-0.25, -0.2) is 0 Å². The lowest BCUT2D eigenvalue weighted by molar-refractivity contribution is 0.0789. The van der Waals surface area contributed by atoms with Gasteiger partial charge in [-0.1, -0.05) is 15.9 Å². The third-order valence-electron chi connectivity index (χ3n) is 3.35. The second-order valence-electron chi connectivity index (χ2n) is 4.52. The van der Waals surface area contributed by atoms with E-state index in [4.69, 9.17) is 14.2 Å². The van der Waals surface area contributed by atoms with E-state index in [1.807, 2.05) is 4.90 Å². The Balaban J connectivity index is 2.38. The number of carbonyl (C=O) groups excluding carboxylic acids is 1.